The van der Waals surface area contributed by atoms with Crippen molar-refractivity contribution in [3.05, 3.63) is 29.8 Å². The summed E-state index contributed by atoms with van der Waals surface area (Å²) in [6, 6.07) is 7.70. The predicted octanol–water partition coefficient (Wildman–Crippen LogP) is 1.33. The highest BCUT2D eigenvalue weighted by molar-refractivity contribution is 5.78. The lowest BCUT2D eigenvalue weighted by atomic mass is 10.1. The first-order valence-corrected chi connectivity index (χ1v) is 7.43. The van der Waals surface area contributed by atoms with Crippen LogP contribution in [0.5, 0.6) is 5.75 Å². The van der Waals surface area contributed by atoms with E-state index in [9.17, 15) is 9.90 Å². The van der Waals surface area contributed by atoms with Gasteiger partial charge in [-0.15, -0.1) is 0 Å². The number of methoxy groups -OCH3 is 1. The van der Waals surface area contributed by atoms with Crippen molar-refractivity contribution in [2.75, 3.05) is 26.8 Å². The fourth-order valence-electron chi connectivity index (χ4n) is 2.88. The lowest BCUT2D eigenvalue weighted by Crippen LogP contribution is -2.41. The number of nitrogens with one attached hydrogen (secondary N) is 1. The van der Waals surface area contributed by atoms with Gasteiger partial charge in [-0.2, -0.15) is 0 Å². The Morgan fingerprint density at radius 3 is 3.00 bits per heavy atom. The van der Waals surface area contributed by atoms with Crippen LogP contribution in [-0.4, -0.2) is 48.8 Å². The molecule has 0 aromatic heterocycles. The monoisotopic (exact) mass is 292 g/mol. The van der Waals surface area contributed by atoms with Gasteiger partial charge in [0.15, 0.2) is 0 Å². The molecule has 116 valence electrons. The van der Waals surface area contributed by atoms with E-state index < -0.39 is 0 Å². The molecular formula is C16H24N2O3. The molecule has 2 unspecified atom stereocenters. The second-order valence-electron chi connectivity index (χ2n) is 5.48. The van der Waals surface area contributed by atoms with Crippen LogP contribution in [0.3, 0.4) is 0 Å². The van der Waals surface area contributed by atoms with Gasteiger partial charge in [-0.3, -0.25) is 9.69 Å². The predicted molar refractivity (Wildman–Crippen MR) is 81.2 cm³/mol. The molecular weight excluding hydrogens is 268 g/mol. The number of benzene rings is 1. The van der Waals surface area contributed by atoms with Crippen LogP contribution in [0.1, 0.15) is 31.4 Å². The van der Waals surface area contributed by atoms with E-state index in [0.717, 1.165) is 30.7 Å². The summed E-state index contributed by atoms with van der Waals surface area (Å²) in [6.45, 7) is 3.28. The Kier molecular flexibility index (Phi) is 5.59. The lowest BCUT2D eigenvalue weighted by Gasteiger charge is -2.23. The van der Waals surface area contributed by atoms with Crippen LogP contribution in [0, 0.1) is 0 Å². The van der Waals surface area contributed by atoms with Gasteiger partial charge >= 0.3 is 0 Å². The number of carbonyl (C=O) groups is 1. The summed E-state index contributed by atoms with van der Waals surface area (Å²) < 4.78 is 5.32. The van der Waals surface area contributed by atoms with E-state index in [4.69, 9.17) is 4.74 Å². The average Bonchev–Trinajstić information content (AvgIpc) is 2.94. The molecule has 1 fully saturated rings. The SMILES string of the molecule is COc1ccccc1C(C)NC(=O)CN1CCCC1CO. The molecule has 0 spiro atoms. The van der Waals surface area contributed by atoms with Crippen molar-refractivity contribution in [3.8, 4) is 5.75 Å². The van der Waals surface area contributed by atoms with Crippen LogP contribution < -0.4 is 10.1 Å². The van der Waals surface area contributed by atoms with E-state index in [-0.39, 0.29) is 24.6 Å². The maximum absolute atomic E-state index is 12.2. The molecule has 2 atom stereocenters. The first-order chi connectivity index (χ1) is 10.2. The Morgan fingerprint density at radius 2 is 2.29 bits per heavy atom. The van der Waals surface area contributed by atoms with Crippen LogP contribution in [-0.2, 0) is 4.79 Å². The van der Waals surface area contributed by atoms with Crippen molar-refractivity contribution in [2.45, 2.75) is 31.8 Å². The summed E-state index contributed by atoms with van der Waals surface area (Å²) in [6.07, 6.45) is 2.01. The summed E-state index contributed by atoms with van der Waals surface area (Å²) in [5.41, 5.74) is 0.966. The zero-order valence-electron chi connectivity index (χ0n) is 12.7. The number of rotatable bonds is 6. The number of hydrogen-bond acceptors (Lipinski definition) is 4. The smallest absolute Gasteiger partial charge is 0.234 e. The van der Waals surface area contributed by atoms with Crippen LogP contribution in [0.15, 0.2) is 24.3 Å². The normalized spacial score (nSPS) is 20.2. The minimum absolute atomic E-state index is 0.0197. The number of hydrogen-bond donors (Lipinski definition) is 2. The molecule has 5 heteroatoms. The molecule has 1 saturated heterocycles. The average molecular weight is 292 g/mol. The highest BCUT2D eigenvalue weighted by Gasteiger charge is 2.26. The fraction of sp³-hybridized carbons (Fsp3) is 0.562. The van der Waals surface area contributed by atoms with Crippen molar-refractivity contribution >= 4 is 5.91 Å². The van der Waals surface area contributed by atoms with Crippen molar-refractivity contribution in [2.24, 2.45) is 0 Å². The number of ether oxygens (including phenoxy) is 1. The first kappa shape index (κ1) is 15.8. The molecule has 0 radical (unpaired) electrons. The molecule has 2 N–H and O–H groups in total. The molecule has 5 nitrogen and oxygen atoms in total. The molecule has 2 rings (SSSR count). The molecule has 21 heavy (non-hydrogen) atoms. The van der Waals surface area contributed by atoms with Gasteiger partial charge in [0.2, 0.25) is 5.91 Å². The Bertz CT molecular complexity index is 478. The number of nitrogens with zero attached hydrogens (tertiary/aromatic N) is 1. The summed E-state index contributed by atoms with van der Waals surface area (Å²) in [5.74, 6) is 0.758. The molecule has 1 heterocycles. The number of carbonyl (C=O) groups excluding carboxylic acids is 1. The number of para-hydroxylation sites is 1. The fourth-order valence-corrected chi connectivity index (χ4v) is 2.88. The summed E-state index contributed by atoms with van der Waals surface area (Å²) in [5, 5.41) is 12.3. The highest BCUT2D eigenvalue weighted by atomic mass is 16.5. The van der Waals surface area contributed by atoms with Crippen molar-refractivity contribution in [3.63, 3.8) is 0 Å². The zero-order valence-corrected chi connectivity index (χ0v) is 12.7. The minimum atomic E-state index is -0.108. The number of amides is 1. The molecule has 1 aliphatic heterocycles. The van der Waals surface area contributed by atoms with Gasteiger partial charge in [0.1, 0.15) is 5.75 Å². The third-order valence-corrected chi connectivity index (χ3v) is 4.04. The van der Waals surface area contributed by atoms with Crippen LogP contribution in [0.4, 0.5) is 0 Å². The van der Waals surface area contributed by atoms with Gasteiger partial charge < -0.3 is 15.2 Å². The molecule has 1 aromatic carbocycles. The van der Waals surface area contributed by atoms with Crippen LogP contribution in [0.25, 0.3) is 0 Å². The van der Waals surface area contributed by atoms with Gasteiger partial charge in [0, 0.05) is 11.6 Å². The number of aliphatic hydroxyl groups is 1. The second kappa shape index (κ2) is 7.43. The largest absolute Gasteiger partial charge is 0.496 e. The minimum Gasteiger partial charge on any atom is -0.496 e. The van der Waals surface area contributed by atoms with E-state index in [1.165, 1.54) is 0 Å². The van der Waals surface area contributed by atoms with Gasteiger partial charge in [-0.25, -0.2) is 0 Å². The Balaban J connectivity index is 1.93. The third-order valence-electron chi connectivity index (χ3n) is 4.04. The number of likely N-dealkylation sites (tertiary alicyclic amines) is 1. The topological polar surface area (TPSA) is 61.8 Å². The van der Waals surface area contributed by atoms with E-state index >= 15 is 0 Å². The molecule has 1 amide bonds. The summed E-state index contributed by atoms with van der Waals surface area (Å²) >= 11 is 0. The van der Waals surface area contributed by atoms with Crippen LogP contribution in [0.2, 0.25) is 0 Å². The second-order valence-corrected chi connectivity index (χ2v) is 5.48. The van der Waals surface area contributed by atoms with E-state index in [2.05, 4.69) is 5.32 Å². The van der Waals surface area contributed by atoms with E-state index in [0.29, 0.717) is 6.54 Å². The van der Waals surface area contributed by atoms with Crippen LogP contribution >= 0.6 is 0 Å². The summed E-state index contributed by atoms with van der Waals surface area (Å²) in [7, 11) is 1.63. The Hall–Kier alpha value is -1.59. The molecule has 1 aliphatic rings. The standard InChI is InChI=1S/C16H24N2O3/c1-12(14-7-3-4-8-15(14)21-2)17-16(20)10-18-9-5-6-13(18)11-19/h3-4,7-8,12-13,19H,5-6,9-11H2,1-2H3,(H,17,20). The Labute approximate surface area is 125 Å². The van der Waals surface area contributed by atoms with Crippen molar-refractivity contribution in [1.29, 1.82) is 0 Å². The molecule has 1 aromatic rings. The zero-order chi connectivity index (χ0) is 15.2. The van der Waals surface area contributed by atoms with Crippen molar-refractivity contribution < 1.29 is 14.6 Å². The van der Waals surface area contributed by atoms with Gasteiger partial charge in [0.05, 0.1) is 26.3 Å². The number of aliphatic hydroxyl groups excluding tert-OH is 1. The first-order valence-electron chi connectivity index (χ1n) is 7.43. The van der Waals surface area contributed by atoms with Gasteiger partial charge in [-0.1, -0.05) is 18.2 Å². The van der Waals surface area contributed by atoms with Crippen molar-refractivity contribution in [1.82, 2.24) is 10.2 Å². The van der Waals surface area contributed by atoms with Gasteiger partial charge in [-0.05, 0) is 32.4 Å². The van der Waals surface area contributed by atoms with E-state index in [1.807, 2.05) is 36.1 Å². The Morgan fingerprint density at radius 1 is 1.52 bits per heavy atom. The van der Waals surface area contributed by atoms with Gasteiger partial charge in [0.25, 0.3) is 0 Å². The quantitative estimate of drug-likeness (QED) is 0.830. The maximum atomic E-state index is 12.2. The molecule has 0 aliphatic carbocycles. The highest BCUT2D eigenvalue weighted by Crippen LogP contribution is 2.24. The summed E-state index contributed by atoms with van der Waals surface area (Å²) in [4.78, 5) is 14.2. The maximum Gasteiger partial charge on any atom is 0.234 e. The van der Waals surface area contributed by atoms with E-state index in [1.54, 1.807) is 7.11 Å². The molecule has 0 bridgehead atoms. The molecule has 0 saturated carbocycles. The third kappa shape index (κ3) is 3.95. The lowest BCUT2D eigenvalue weighted by molar-refractivity contribution is -0.123.